The van der Waals surface area contributed by atoms with Crippen molar-refractivity contribution in [1.29, 1.82) is 0 Å². The maximum atomic E-state index is 3.36. The highest BCUT2D eigenvalue weighted by Crippen LogP contribution is 2.56. The van der Waals surface area contributed by atoms with Gasteiger partial charge in [-0.2, -0.15) is 0 Å². The first-order chi connectivity index (χ1) is 6.64. The molecular formula is C14H30. The molecule has 1 saturated carbocycles. The summed E-state index contributed by atoms with van der Waals surface area (Å²) in [5.74, 6) is 1.08. The Labute approximate surface area is 91.8 Å². The van der Waals surface area contributed by atoms with Crippen LogP contribution in [0.25, 0.3) is 0 Å². The minimum Gasteiger partial charge on any atom is -0.103 e. The van der Waals surface area contributed by atoms with Crippen molar-refractivity contribution < 1.29 is 0 Å². The Morgan fingerprint density at radius 2 is 1.79 bits per heavy atom. The van der Waals surface area contributed by atoms with Gasteiger partial charge < -0.3 is 0 Å². The zero-order valence-corrected chi connectivity index (χ0v) is 11.2. The molecule has 0 aromatic heterocycles. The highest BCUT2D eigenvalue weighted by Gasteiger charge is 2.46. The first-order valence-electron chi connectivity index (χ1n) is 6.21. The van der Waals surface area contributed by atoms with Crippen LogP contribution in [0.2, 0.25) is 0 Å². The summed E-state index contributed by atoms with van der Waals surface area (Å²) in [5.41, 5.74) is 0.760. The van der Waals surface area contributed by atoms with Crippen LogP contribution in [-0.4, -0.2) is 0 Å². The SMILES string of the molecule is C=CC.CC.CCCC1CC1(C)CC. The molecule has 2 unspecified atom stereocenters. The lowest BCUT2D eigenvalue weighted by Crippen LogP contribution is -1.94. The van der Waals surface area contributed by atoms with E-state index in [9.17, 15) is 0 Å². The van der Waals surface area contributed by atoms with Crippen LogP contribution in [0.4, 0.5) is 0 Å². The molecule has 0 heteroatoms. The van der Waals surface area contributed by atoms with Crippen LogP contribution in [-0.2, 0) is 0 Å². The molecule has 14 heavy (non-hydrogen) atoms. The van der Waals surface area contributed by atoms with Crippen LogP contribution in [0.15, 0.2) is 12.7 Å². The Hall–Kier alpha value is -0.260. The quantitative estimate of drug-likeness (QED) is 0.530. The van der Waals surface area contributed by atoms with Crippen molar-refractivity contribution in [1.82, 2.24) is 0 Å². The summed E-state index contributed by atoms with van der Waals surface area (Å²) >= 11 is 0. The van der Waals surface area contributed by atoms with E-state index in [4.69, 9.17) is 0 Å². The third-order valence-corrected chi connectivity index (χ3v) is 2.98. The van der Waals surface area contributed by atoms with Gasteiger partial charge in [0.15, 0.2) is 0 Å². The van der Waals surface area contributed by atoms with E-state index < -0.39 is 0 Å². The Morgan fingerprint density at radius 1 is 1.36 bits per heavy atom. The van der Waals surface area contributed by atoms with Crippen molar-refractivity contribution in [3.63, 3.8) is 0 Å². The number of allylic oxidation sites excluding steroid dienone is 1. The molecule has 0 nitrogen and oxygen atoms in total. The van der Waals surface area contributed by atoms with E-state index in [2.05, 4.69) is 27.4 Å². The fraction of sp³-hybridized carbons (Fsp3) is 0.857. The monoisotopic (exact) mass is 198 g/mol. The molecule has 0 spiro atoms. The summed E-state index contributed by atoms with van der Waals surface area (Å²) in [5, 5.41) is 0. The van der Waals surface area contributed by atoms with Gasteiger partial charge in [0, 0.05) is 0 Å². The Balaban J connectivity index is 0. The van der Waals surface area contributed by atoms with Gasteiger partial charge in [0.2, 0.25) is 0 Å². The smallest absolute Gasteiger partial charge is 0.0297 e. The average Bonchev–Trinajstić information content (AvgIpc) is 2.84. The molecule has 0 amide bonds. The van der Waals surface area contributed by atoms with Crippen LogP contribution in [0.5, 0.6) is 0 Å². The lowest BCUT2D eigenvalue weighted by molar-refractivity contribution is 0.465. The summed E-state index contributed by atoms with van der Waals surface area (Å²) in [4.78, 5) is 0. The largest absolute Gasteiger partial charge is 0.103 e. The lowest BCUT2D eigenvalue weighted by atomic mass is 10.0. The van der Waals surface area contributed by atoms with E-state index in [0.29, 0.717) is 0 Å². The van der Waals surface area contributed by atoms with Gasteiger partial charge in [-0.15, -0.1) is 6.58 Å². The minimum atomic E-state index is 0.760. The first-order valence-corrected chi connectivity index (χ1v) is 6.21. The summed E-state index contributed by atoms with van der Waals surface area (Å²) in [6, 6.07) is 0. The summed E-state index contributed by atoms with van der Waals surface area (Å²) in [7, 11) is 0. The maximum Gasteiger partial charge on any atom is -0.0297 e. The molecular weight excluding hydrogens is 168 g/mol. The van der Waals surface area contributed by atoms with Crippen LogP contribution >= 0.6 is 0 Å². The van der Waals surface area contributed by atoms with Gasteiger partial charge in [-0.1, -0.05) is 60.0 Å². The van der Waals surface area contributed by atoms with Crippen molar-refractivity contribution >= 4 is 0 Å². The molecule has 0 aromatic carbocycles. The molecule has 0 aromatic rings. The van der Waals surface area contributed by atoms with Crippen molar-refractivity contribution in [2.75, 3.05) is 0 Å². The lowest BCUT2D eigenvalue weighted by Gasteiger charge is -2.04. The van der Waals surface area contributed by atoms with Crippen molar-refractivity contribution in [2.24, 2.45) is 11.3 Å². The molecule has 0 saturated heterocycles. The maximum absolute atomic E-state index is 3.36. The van der Waals surface area contributed by atoms with Crippen LogP contribution in [0.3, 0.4) is 0 Å². The predicted octanol–water partition coefficient (Wildman–Crippen LogP) is 5.44. The van der Waals surface area contributed by atoms with Gasteiger partial charge in [0.1, 0.15) is 0 Å². The van der Waals surface area contributed by atoms with E-state index in [-0.39, 0.29) is 0 Å². The molecule has 0 N–H and O–H groups in total. The van der Waals surface area contributed by atoms with E-state index >= 15 is 0 Å². The van der Waals surface area contributed by atoms with Crippen molar-refractivity contribution in [3.05, 3.63) is 12.7 Å². The van der Waals surface area contributed by atoms with E-state index in [1.165, 1.54) is 25.7 Å². The molecule has 2 atom stereocenters. The molecule has 1 aliphatic rings. The van der Waals surface area contributed by atoms with Crippen LogP contribution in [0.1, 0.15) is 67.2 Å². The highest BCUT2D eigenvalue weighted by molar-refractivity contribution is 4.96. The average molecular weight is 198 g/mol. The van der Waals surface area contributed by atoms with Gasteiger partial charge in [-0.3, -0.25) is 0 Å². The first kappa shape index (κ1) is 16.2. The van der Waals surface area contributed by atoms with Gasteiger partial charge in [0.05, 0.1) is 0 Å². The van der Waals surface area contributed by atoms with E-state index in [1.807, 2.05) is 20.8 Å². The second-order valence-electron chi connectivity index (χ2n) is 4.11. The van der Waals surface area contributed by atoms with E-state index in [1.54, 1.807) is 6.08 Å². The fourth-order valence-corrected chi connectivity index (χ4v) is 1.74. The second kappa shape index (κ2) is 9.30. The summed E-state index contributed by atoms with van der Waals surface area (Å²) < 4.78 is 0. The molecule has 0 heterocycles. The van der Waals surface area contributed by atoms with Gasteiger partial charge in [-0.05, 0) is 24.7 Å². The standard InChI is InChI=1S/C9H18.C3H6.C2H6/c1-4-6-8-7-9(8,3)5-2;1-3-2;1-2/h8H,4-7H2,1-3H3;3H,1H2,2H3;1-2H3. The van der Waals surface area contributed by atoms with Crippen molar-refractivity contribution in [2.45, 2.75) is 67.2 Å². The Kier molecular flexibility index (Phi) is 10.7. The molecule has 1 rings (SSSR count). The topological polar surface area (TPSA) is 0 Å². The third-order valence-electron chi connectivity index (χ3n) is 2.98. The molecule has 0 aliphatic heterocycles. The normalized spacial score (nSPS) is 27.7. The molecule has 1 fully saturated rings. The van der Waals surface area contributed by atoms with Gasteiger partial charge in [-0.25, -0.2) is 0 Å². The Morgan fingerprint density at radius 3 is 2.00 bits per heavy atom. The summed E-state index contributed by atoms with van der Waals surface area (Å²) in [6.07, 6.45) is 7.47. The summed E-state index contributed by atoms with van der Waals surface area (Å²) in [6.45, 7) is 16.3. The number of hydrogen-bond donors (Lipinski definition) is 0. The second-order valence-corrected chi connectivity index (χ2v) is 4.11. The minimum absolute atomic E-state index is 0.760. The zero-order valence-electron chi connectivity index (χ0n) is 11.2. The molecule has 86 valence electrons. The fourth-order valence-electron chi connectivity index (χ4n) is 1.74. The third kappa shape index (κ3) is 6.23. The van der Waals surface area contributed by atoms with Gasteiger partial charge in [0.25, 0.3) is 0 Å². The highest BCUT2D eigenvalue weighted by atomic mass is 14.5. The van der Waals surface area contributed by atoms with E-state index in [0.717, 1.165) is 11.3 Å². The molecule has 1 aliphatic carbocycles. The zero-order chi connectivity index (χ0) is 11.6. The Bertz CT molecular complexity index is 124. The van der Waals surface area contributed by atoms with Crippen LogP contribution < -0.4 is 0 Å². The molecule has 0 radical (unpaired) electrons. The van der Waals surface area contributed by atoms with Crippen molar-refractivity contribution in [3.8, 4) is 0 Å². The predicted molar refractivity (Wildman–Crippen MR) is 68.6 cm³/mol. The molecule has 0 bridgehead atoms. The number of hydrogen-bond acceptors (Lipinski definition) is 0. The van der Waals surface area contributed by atoms with Gasteiger partial charge >= 0.3 is 0 Å². The number of rotatable bonds is 3. The van der Waals surface area contributed by atoms with Crippen LogP contribution in [0, 0.1) is 11.3 Å².